The van der Waals surface area contributed by atoms with Gasteiger partial charge in [0.1, 0.15) is 11.6 Å². The summed E-state index contributed by atoms with van der Waals surface area (Å²) in [6.07, 6.45) is 3.62. The summed E-state index contributed by atoms with van der Waals surface area (Å²) in [5, 5.41) is 8.16. The van der Waals surface area contributed by atoms with E-state index in [2.05, 4.69) is 15.3 Å². The van der Waals surface area contributed by atoms with E-state index in [4.69, 9.17) is 9.84 Å². The Balaban J connectivity index is 1.68. The minimum Gasteiger partial charge on any atom is -0.497 e. The van der Waals surface area contributed by atoms with Crippen LogP contribution >= 0.6 is 0 Å². The molecule has 0 radical (unpaired) electrons. The zero-order valence-electron chi connectivity index (χ0n) is 14.7. The largest absolute Gasteiger partial charge is 0.497 e. The number of methoxy groups -OCH3 is 1. The summed E-state index contributed by atoms with van der Waals surface area (Å²) < 4.78 is 7.06. The summed E-state index contributed by atoms with van der Waals surface area (Å²) in [4.78, 5) is 8.74. The maximum absolute atomic E-state index is 5.22. The van der Waals surface area contributed by atoms with Crippen molar-refractivity contribution in [2.75, 3.05) is 12.4 Å². The molecule has 26 heavy (non-hydrogen) atoms. The number of nitrogens with one attached hydrogen (secondary N) is 1. The van der Waals surface area contributed by atoms with Crippen molar-refractivity contribution in [1.82, 2.24) is 19.6 Å². The number of rotatable bonds is 5. The van der Waals surface area contributed by atoms with Crippen molar-refractivity contribution in [2.45, 2.75) is 13.5 Å². The predicted molar refractivity (Wildman–Crippen MR) is 101 cm³/mol. The van der Waals surface area contributed by atoms with E-state index >= 15 is 0 Å². The second-order valence-corrected chi connectivity index (χ2v) is 6.03. The number of hydrogen-bond donors (Lipinski definition) is 1. The Morgan fingerprint density at radius 1 is 1.12 bits per heavy atom. The van der Waals surface area contributed by atoms with Gasteiger partial charge in [0.05, 0.1) is 12.8 Å². The smallest absolute Gasteiger partial charge is 0.158 e. The Hall–Kier alpha value is -3.41. The number of nitrogens with zero attached hydrogens (tertiary/aromatic N) is 4. The van der Waals surface area contributed by atoms with E-state index in [0.717, 1.165) is 39.7 Å². The Morgan fingerprint density at radius 2 is 1.96 bits per heavy atom. The van der Waals surface area contributed by atoms with Gasteiger partial charge in [-0.2, -0.15) is 9.61 Å². The van der Waals surface area contributed by atoms with Gasteiger partial charge in [0.15, 0.2) is 5.65 Å². The van der Waals surface area contributed by atoms with E-state index in [0.29, 0.717) is 6.54 Å². The summed E-state index contributed by atoms with van der Waals surface area (Å²) in [5.41, 5.74) is 4.75. The quantitative estimate of drug-likeness (QED) is 0.597. The van der Waals surface area contributed by atoms with Crippen molar-refractivity contribution >= 4 is 11.5 Å². The van der Waals surface area contributed by atoms with Crippen molar-refractivity contribution in [3.63, 3.8) is 0 Å². The summed E-state index contributed by atoms with van der Waals surface area (Å²) in [6, 6.07) is 15.8. The van der Waals surface area contributed by atoms with Gasteiger partial charge in [-0.15, -0.1) is 0 Å². The molecule has 3 aromatic heterocycles. The molecule has 0 saturated heterocycles. The summed E-state index contributed by atoms with van der Waals surface area (Å²) in [6.45, 7) is 2.65. The molecule has 0 aliphatic carbocycles. The minimum absolute atomic E-state index is 0.671. The van der Waals surface area contributed by atoms with Crippen LogP contribution in [0.5, 0.6) is 5.75 Å². The number of fused-ring (bicyclic) bond motifs is 1. The normalized spacial score (nSPS) is 10.8. The number of benzene rings is 1. The number of hydrogen-bond acceptors (Lipinski definition) is 5. The third-order valence-electron chi connectivity index (χ3n) is 4.14. The van der Waals surface area contributed by atoms with E-state index in [9.17, 15) is 0 Å². The van der Waals surface area contributed by atoms with Gasteiger partial charge in [-0.25, -0.2) is 4.98 Å². The van der Waals surface area contributed by atoms with Gasteiger partial charge in [0.25, 0.3) is 0 Å². The van der Waals surface area contributed by atoms with Gasteiger partial charge < -0.3 is 10.1 Å². The molecule has 0 atom stereocenters. The molecule has 3 heterocycles. The second-order valence-electron chi connectivity index (χ2n) is 6.03. The highest BCUT2D eigenvalue weighted by molar-refractivity contribution is 5.66. The fourth-order valence-corrected chi connectivity index (χ4v) is 2.82. The van der Waals surface area contributed by atoms with Gasteiger partial charge in [0.2, 0.25) is 0 Å². The Kier molecular flexibility index (Phi) is 4.23. The first-order valence-corrected chi connectivity index (χ1v) is 8.37. The lowest BCUT2D eigenvalue weighted by molar-refractivity contribution is 0.415. The first-order chi connectivity index (χ1) is 12.7. The molecular formula is C20H19N5O. The van der Waals surface area contributed by atoms with Crippen LogP contribution in [0.2, 0.25) is 0 Å². The number of anilines is 1. The SMILES string of the molecule is COc1ccc(-c2cc3nc(C)cc(NCc4cccnc4)n3n2)cc1. The van der Waals surface area contributed by atoms with Gasteiger partial charge in [-0.1, -0.05) is 6.07 Å². The first-order valence-electron chi connectivity index (χ1n) is 8.37. The van der Waals surface area contributed by atoms with Gasteiger partial charge in [-0.05, 0) is 42.8 Å². The van der Waals surface area contributed by atoms with Crippen molar-refractivity contribution in [1.29, 1.82) is 0 Å². The fraction of sp³-hybridized carbons (Fsp3) is 0.150. The number of aryl methyl sites for hydroxylation is 1. The summed E-state index contributed by atoms with van der Waals surface area (Å²) in [7, 11) is 1.66. The lowest BCUT2D eigenvalue weighted by atomic mass is 10.1. The fourth-order valence-electron chi connectivity index (χ4n) is 2.82. The summed E-state index contributed by atoms with van der Waals surface area (Å²) >= 11 is 0. The molecule has 0 spiro atoms. The highest BCUT2D eigenvalue weighted by atomic mass is 16.5. The standard InChI is InChI=1S/C20H19N5O/c1-14-10-19(22-13-15-4-3-9-21-12-15)25-20(23-14)11-18(24-25)16-5-7-17(26-2)8-6-16/h3-12,22H,13H2,1-2H3. The van der Waals surface area contributed by atoms with Crippen LogP contribution in [-0.4, -0.2) is 26.7 Å². The molecule has 1 aromatic carbocycles. The molecule has 0 bridgehead atoms. The van der Waals surface area contributed by atoms with E-state index in [1.54, 1.807) is 13.3 Å². The van der Waals surface area contributed by atoms with Crippen LogP contribution in [0.15, 0.2) is 60.9 Å². The third kappa shape index (κ3) is 3.21. The molecule has 6 nitrogen and oxygen atoms in total. The molecule has 1 N–H and O–H groups in total. The molecule has 0 amide bonds. The second kappa shape index (κ2) is 6.84. The lowest BCUT2D eigenvalue weighted by Crippen LogP contribution is -2.06. The van der Waals surface area contributed by atoms with Crippen molar-refractivity contribution < 1.29 is 4.74 Å². The Labute approximate surface area is 151 Å². The maximum atomic E-state index is 5.22. The topological polar surface area (TPSA) is 64.3 Å². The molecule has 0 saturated carbocycles. The predicted octanol–water partition coefficient (Wildman–Crippen LogP) is 3.72. The number of pyridine rings is 1. The van der Waals surface area contributed by atoms with Crippen LogP contribution < -0.4 is 10.1 Å². The average Bonchev–Trinajstić information content (AvgIpc) is 3.11. The van der Waals surface area contributed by atoms with E-state index < -0.39 is 0 Å². The van der Waals surface area contributed by atoms with Crippen molar-refractivity contribution in [3.05, 3.63) is 72.2 Å². The molecule has 6 heteroatoms. The molecule has 0 aliphatic heterocycles. The molecule has 4 rings (SSSR count). The lowest BCUT2D eigenvalue weighted by Gasteiger charge is -2.09. The maximum Gasteiger partial charge on any atom is 0.158 e. The molecule has 130 valence electrons. The minimum atomic E-state index is 0.671. The Morgan fingerprint density at radius 3 is 2.69 bits per heavy atom. The van der Waals surface area contributed by atoms with E-state index in [1.807, 2.05) is 66.2 Å². The molecule has 4 aromatic rings. The van der Waals surface area contributed by atoms with E-state index in [-0.39, 0.29) is 0 Å². The zero-order valence-corrected chi connectivity index (χ0v) is 14.7. The molecular weight excluding hydrogens is 326 g/mol. The first kappa shape index (κ1) is 16.1. The average molecular weight is 345 g/mol. The zero-order chi connectivity index (χ0) is 17.9. The van der Waals surface area contributed by atoms with Crippen molar-refractivity contribution in [2.24, 2.45) is 0 Å². The number of ether oxygens (including phenoxy) is 1. The Bertz CT molecular complexity index is 1030. The van der Waals surface area contributed by atoms with Crippen LogP contribution in [-0.2, 0) is 6.54 Å². The molecule has 0 unspecified atom stereocenters. The van der Waals surface area contributed by atoms with Crippen LogP contribution in [0.1, 0.15) is 11.3 Å². The highest BCUT2D eigenvalue weighted by Crippen LogP contribution is 2.24. The highest BCUT2D eigenvalue weighted by Gasteiger charge is 2.10. The van der Waals surface area contributed by atoms with Gasteiger partial charge in [0, 0.05) is 42.3 Å². The van der Waals surface area contributed by atoms with E-state index in [1.165, 1.54) is 0 Å². The monoisotopic (exact) mass is 345 g/mol. The van der Waals surface area contributed by atoms with Gasteiger partial charge in [-0.3, -0.25) is 4.98 Å². The van der Waals surface area contributed by atoms with Crippen LogP contribution in [0.3, 0.4) is 0 Å². The molecule has 0 fully saturated rings. The molecule has 0 aliphatic rings. The van der Waals surface area contributed by atoms with Crippen LogP contribution in [0.4, 0.5) is 5.82 Å². The van der Waals surface area contributed by atoms with Gasteiger partial charge >= 0.3 is 0 Å². The van der Waals surface area contributed by atoms with Crippen LogP contribution in [0, 0.1) is 6.92 Å². The summed E-state index contributed by atoms with van der Waals surface area (Å²) in [5.74, 6) is 1.72. The third-order valence-corrected chi connectivity index (χ3v) is 4.14. The van der Waals surface area contributed by atoms with Crippen LogP contribution in [0.25, 0.3) is 16.9 Å². The van der Waals surface area contributed by atoms with Crippen molar-refractivity contribution in [3.8, 4) is 17.0 Å². The number of aromatic nitrogens is 4.